The van der Waals surface area contributed by atoms with Crippen LogP contribution in [-0.2, 0) is 4.79 Å². The maximum Gasteiger partial charge on any atom is 0.253 e. The zero-order chi connectivity index (χ0) is 20.9. The maximum absolute atomic E-state index is 12.8. The van der Waals surface area contributed by atoms with Gasteiger partial charge in [-0.05, 0) is 29.8 Å². The largest absolute Gasteiger partial charge is 0.345 e. The van der Waals surface area contributed by atoms with Crippen LogP contribution in [0.5, 0.6) is 0 Å². The number of hydrogen-bond acceptors (Lipinski definition) is 3. The van der Waals surface area contributed by atoms with Crippen molar-refractivity contribution in [2.45, 2.75) is 12.5 Å². The van der Waals surface area contributed by atoms with Crippen molar-refractivity contribution in [2.24, 2.45) is 0 Å². The molecule has 3 N–H and O–H groups in total. The lowest BCUT2D eigenvalue weighted by Crippen LogP contribution is -2.31. The molecule has 1 atom stereocenters. The number of aromatic nitrogens is 2. The summed E-state index contributed by atoms with van der Waals surface area (Å²) in [5.74, 6) is -0.251. The molecule has 7 heteroatoms. The fraction of sp³-hybridized carbons (Fsp3) is 0.0870. The first-order valence-corrected chi connectivity index (χ1v) is 9.83. The van der Waals surface area contributed by atoms with E-state index in [0.29, 0.717) is 16.5 Å². The van der Waals surface area contributed by atoms with E-state index in [1.54, 1.807) is 24.3 Å². The van der Waals surface area contributed by atoms with Crippen LogP contribution in [0.15, 0.2) is 78.9 Å². The van der Waals surface area contributed by atoms with Gasteiger partial charge in [-0.2, -0.15) is 0 Å². The van der Waals surface area contributed by atoms with E-state index in [0.717, 1.165) is 16.6 Å². The highest BCUT2D eigenvalue weighted by atomic mass is 35.5. The average molecular weight is 419 g/mol. The summed E-state index contributed by atoms with van der Waals surface area (Å²) in [6.07, 6.45) is 0.0389. The van der Waals surface area contributed by atoms with E-state index in [1.807, 2.05) is 54.6 Å². The van der Waals surface area contributed by atoms with Crippen LogP contribution in [0.3, 0.4) is 0 Å². The molecule has 3 aromatic carbocycles. The van der Waals surface area contributed by atoms with Crippen LogP contribution < -0.4 is 10.6 Å². The monoisotopic (exact) mass is 418 g/mol. The molecule has 0 saturated carbocycles. The standard InChI is InChI=1S/C23H19ClN4O2/c24-17-11-5-4-10-16(17)22(30)25-20(15-8-2-1-3-9-15)14-21(29)28-23-26-18-12-6-7-13-19(18)27-23/h1-13,20H,14H2,(H,25,30)(H2,26,27,28,29)/t20-/m1/s1. The molecule has 1 aromatic heterocycles. The van der Waals surface area contributed by atoms with Crippen molar-refractivity contribution in [3.8, 4) is 0 Å². The summed E-state index contributed by atoms with van der Waals surface area (Å²) in [7, 11) is 0. The topological polar surface area (TPSA) is 86.9 Å². The van der Waals surface area contributed by atoms with E-state index in [-0.39, 0.29) is 18.2 Å². The van der Waals surface area contributed by atoms with E-state index in [9.17, 15) is 9.59 Å². The van der Waals surface area contributed by atoms with Gasteiger partial charge >= 0.3 is 0 Å². The number of carbonyl (C=O) groups excluding carboxylic acids is 2. The molecule has 4 aromatic rings. The average Bonchev–Trinajstić information content (AvgIpc) is 3.16. The molecule has 0 aliphatic carbocycles. The number of anilines is 1. The maximum atomic E-state index is 12.8. The molecule has 0 fully saturated rings. The number of amides is 2. The van der Waals surface area contributed by atoms with Crippen LogP contribution >= 0.6 is 11.6 Å². The molecule has 150 valence electrons. The van der Waals surface area contributed by atoms with Crippen molar-refractivity contribution in [2.75, 3.05) is 5.32 Å². The number of carbonyl (C=O) groups is 2. The Labute approximate surface area is 178 Å². The van der Waals surface area contributed by atoms with Crippen molar-refractivity contribution in [1.82, 2.24) is 15.3 Å². The number of imidazole rings is 1. The van der Waals surface area contributed by atoms with Gasteiger partial charge in [0.25, 0.3) is 5.91 Å². The first-order valence-electron chi connectivity index (χ1n) is 9.45. The van der Waals surface area contributed by atoms with Gasteiger partial charge in [0.15, 0.2) is 0 Å². The van der Waals surface area contributed by atoms with E-state index in [4.69, 9.17) is 11.6 Å². The minimum Gasteiger partial charge on any atom is -0.345 e. The molecular formula is C23H19ClN4O2. The summed E-state index contributed by atoms with van der Waals surface area (Å²) in [6, 6.07) is 23.1. The lowest BCUT2D eigenvalue weighted by Gasteiger charge is -2.19. The number of hydrogen-bond donors (Lipinski definition) is 3. The number of halogens is 1. The number of fused-ring (bicyclic) bond motifs is 1. The highest BCUT2D eigenvalue weighted by molar-refractivity contribution is 6.33. The number of benzene rings is 3. The lowest BCUT2D eigenvalue weighted by molar-refractivity contribution is -0.116. The van der Waals surface area contributed by atoms with Crippen LogP contribution in [0.1, 0.15) is 28.4 Å². The summed E-state index contributed by atoms with van der Waals surface area (Å²) in [5.41, 5.74) is 2.77. The molecule has 30 heavy (non-hydrogen) atoms. The Morgan fingerprint density at radius 1 is 0.933 bits per heavy atom. The van der Waals surface area contributed by atoms with Crippen molar-refractivity contribution in [3.63, 3.8) is 0 Å². The van der Waals surface area contributed by atoms with Crippen molar-refractivity contribution in [3.05, 3.63) is 95.0 Å². The molecule has 2 amide bonds. The molecule has 0 radical (unpaired) electrons. The summed E-state index contributed by atoms with van der Waals surface area (Å²) in [6.45, 7) is 0. The molecule has 0 spiro atoms. The van der Waals surface area contributed by atoms with Crippen molar-refractivity contribution >= 4 is 40.4 Å². The van der Waals surface area contributed by atoms with Crippen LogP contribution in [0.2, 0.25) is 5.02 Å². The quantitative estimate of drug-likeness (QED) is 0.423. The normalized spacial score (nSPS) is 11.8. The van der Waals surface area contributed by atoms with Gasteiger partial charge in [0.2, 0.25) is 11.9 Å². The van der Waals surface area contributed by atoms with E-state index in [1.165, 1.54) is 0 Å². The first-order chi connectivity index (χ1) is 14.6. The van der Waals surface area contributed by atoms with Gasteiger partial charge in [-0.1, -0.05) is 66.2 Å². The second-order valence-electron chi connectivity index (χ2n) is 6.77. The fourth-order valence-corrected chi connectivity index (χ4v) is 3.42. The molecule has 1 heterocycles. The lowest BCUT2D eigenvalue weighted by atomic mass is 10.0. The molecule has 0 bridgehead atoms. The number of para-hydroxylation sites is 2. The SMILES string of the molecule is O=C(C[C@@H](NC(=O)c1ccccc1Cl)c1ccccc1)Nc1nc2ccccc2[nH]1. The Morgan fingerprint density at radius 3 is 2.40 bits per heavy atom. The van der Waals surface area contributed by atoms with Gasteiger partial charge in [-0.3, -0.25) is 14.9 Å². The van der Waals surface area contributed by atoms with Crippen LogP contribution in [0, 0.1) is 0 Å². The Kier molecular flexibility index (Phi) is 5.77. The first kappa shape index (κ1) is 19.7. The van der Waals surface area contributed by atoms with E-state index in [2.05, 4.69) is 20.6 Å². The fourth-order valence-electron chi connectivity index (χ4n) is 3.20. The van der Waals surface area contributed by atoms with E-state index >= 15 is 0 Å². The minimum atomic E-state index is -0.528. The zero-order valence-electron chi connectivity index (χ0n) is 15.9. The molecule has 0 unspecified atom stereocenters. The zero-order valence-corrected chi connectivity index (χ0v) is 16.7. The highest BCUT2D eigenvalue weighted by Gasteiger charge is 2.21. The Balaban J connectivity index is 1.51. The van der Waals surface area contributed by atoms with Gasteiger partial charge in [0.05, 0.1) is 34.1 Å². The minimum absolute atomic E-state index is 0.0389. The van der Waals surface area contributed by atoms with Gasteiger partial charge in [0, 0.05) is 0 Å². The highest BCUT2D eigenvalue weighted by Crippen LogP contribution is 2.21. The van der Waals surface area contributed by atoms with Crippen molar-refractivity contribution < 1.29 is 9.59 Å². The number of aromatic amines is 1. The van der Waals surface area contributed by atoms with Gasteiger partial charge in [-0.15, -0.1) is 0 Å². The third-order valence-corrected chi connectivity index (χ3v) is 4.99. The third kappa shape index (κ3) is 4.50. The molecule has 4 rings (SSSR count). The molecule has 6 nitrogen and oxygen atoms in total. The number of nitrogens with zero attached hydrogens (tertiary/aromatic N) is 1. The summed E-state index contributed by atoms with van der Waals surface area (Å²) in [4.78, 5) is 32.9. The second-order valence-corrected chi connectivity index (χ2v) is 7.18. The number of rotatable bonds is 6. The number of H-pyrrole nitrogens is 1. The molecular weight excluding hydrogens is 400 g/mol. The van der Waals surface area contributed by atoms with Gasteiger partial charge in [-0.25, -0.2) is 4.98 Å². The van der Waals surface area contributed by atoms with Crippen LogP contribution in [-0.4, -0.2) is 21.8 Å². The summed E-state index contributed by atoms with van der Waals surface area (Å²) in [5, 5.41) is 6.05. The van der Waals surface area contributed by atoms with Crippen LogP contribution in [0.25, 0.3) is 11.0 Å². The van der Waals surface area contributed by atoms with Gasteiger partial charge in [0.1, 0.15) is 0 Å². The summed E-state index contributed by atoms with van der Waals surface area (Å²) < 4.78 is 0. The van der Waals surface area contributed by atoms with Gasteiger partial charge < -0.3 is 10.3 Å². The predicted octanol–water partition coefficient (Wildman–Crippen LogP) is 4.72. The summed E-state index contributed by atoms with van der Waals surface area (Å²) >= 11 is 6.15. The van der Waals surface area contributed by atoms with Crippen molar-refractivity contribution in [1.29, 1.82) is 0 Å². The number of nitrogens with one attached hydrogen (secondary N) is 3. The second kappa shape index (κ2) is 8.80. The Bertz CT molecular complexity index is 1160. The molecule has 0 aliphatic rings. The van der Waals surface area contributed by atoms with Crippen LogP contribution in [0.4, 0.5) is 5.95 Å². The Hall–Kier alpha value is -3.64. The molecule has 0 aliphatic heterocycles. The van der Waals surface area contributed by atoms with E-state index < -0.39 is 6.04 Å². The predicted molar refractivity (Wildman–Crippen MR) is 117 cm³/mol. The Morgan fingerprint density at radius 2 is 1.63 bits per heavy atom. The third-order valence-electron chi connectivity index (χ3n) is 4.66. The smallest absolute Gasteiger partial charge is 0.253 e. The molecule has 0 saturated heterocycles.